The number of nitrogens with zero attached hydrogens (tertiary/aromatic N) is 3. The maximum absolute atomic E-state index is 4.21. The molecule has 0 radical (unpaired) electrons. The van der Waals surface area contributed by atoms with Gasteiger partial charge in [0, 0.05) is 39.1 Å². The van der Waals surface area contributed by atoms with Gasteiger partial charge in [0.15, 0.2) is 0 Å². The van der Waals surface area contributed by atoms with Crippen LogP contribution in [0.1, 0.15) is 5.56 Å². The van der Waals surface area contributed by atoms with Crippen molar-refractivity contribution in [3.8, 4) is 0 Å². The fourth-order valence-electron chi connectivity index (χ4n) is 1.52. The maximum Gasteiger partial charge on any atom is 0.0491 e. The van der Waals surface area contributed by atoms with E-state index in [1.165, 1.54) is 11.3 Å². The Morgan fingerprint density at radius 1 is 1.25 bits per heavy atom. The first kappa shape index (κ1) is 10.7. The Hall–Kier alpha value is -1.77. The highest BCUT2D eigenvalue weighted by Crippen LogP contribution is 2.24. The summed E-state index contributed by atoms with van der Waals surface area (Å²) in [5, 5.41) is 6.00. The SMILES string of the molecule is CN(C)N=CC=C(c1ccccc1)N1CC1. The molecule has 0 spiro atoms. The van der Waals surface area contributed by atoms with Crippen molar-refractivity contribution in [3.05, 3.63) is 42.0 Å². The van der Waals surface area contributed by atoms with Crippen LogP contribution in [0, 0.1) is 0 Å². The molecule has 0 unspecified atom stereocenters. The van der Waals surface area contributed by atoms with Crippen LogP contribution in [0.15, 0.2) is 41.5 Å². The molecule has 1 aliphatic rings. The second-order valence-electron chi connectivity index (χ2n) is 4.02. The molecule has 0 aromatic heterocycles. The summed E-state index contributed by atoms with van der Waals surface area (Å²) < 4.78 is 0. The highest BCUT2D eigenvalue weighted by molar-refractivity contribution is 5.84. The number of hydrogen-bond acceptors (Lipinski definition) is 3. The fourth-order valence-corrected chi connectivity index (χ4v) is 1.52. The molecule has 16 heavy (non-hydrogen) atoms. The first-order valence-electron chi connectivity index (χ1n) is 5.49. The van der Waals surface area contributed by atoms with Gasteiger partial charge in [-0.3, -0.25) is 0 Å². The van der Waals surface area contributed by atoms with Gasteiger partial charge in [0.2, 0.25) is 0 Å². The summed E-state index contributed by atoms with van der Waals surface area (Å²) in [5.74, 6) is 0. The minimum Gasteiger partial charge on any atom is -0.367 e. The molecule has 2 rings (SSSR count). The molecular formula is C13H17N3. The summed E-state index contributed by atoms with van der Waals surface area (Å²) in [7, 11) is 3.84. The number of benzene rings is 1. The Morgan fingerprint density at radius 3 is 2.50 bits per heavy atom. The van der Waals surface area contributed by atoms with E-state index < -0.39 is 0 Å². The number of hydrazone groups is 1. The van der Waals surface area contributed by atoms with Crippen molar-refractivity contribution >= 4 is 11.9 Å². The zero-order valence-electron chi connectivity index (χ0n) is 9.80. The van der Waals surface area contributed by atoms with Gasteiger partial charge in [-0.15, -0.1) is 0 Å². The second-order valence-corrected chi connectivity index (χ2v) is 4.02. The van der Waals surface area contributed by atoms with Crippen molar-refractivity contribution in [2.45, 2.75) is 0 Å². The van der Waals surface area contributed by atoms with Crippen LogP contribution in [-0.2, 0) is 0 Å². The van der Waals surface area contributed by atoms with Crippen LogP contribution in [0.2, 0.25) is 0 Å². The smallest absolute Gasteiger partial charge is 0.0491 e. The highest BCUT2D eigenvalue weighted by Gasteiger charge is 2.20. The fraction of sp³-hybridized carbons (Fsp3) is 0.308. The Kier molecular flexibility index (Phi) is 3.25. The zero-order valence-corrected chi connectivity index (χ0v) is 9.80. The van der Waals surface area contributed by atoms with Crippen molar-refractivity contribution in [1.29, 1.82) is 0 Å². The van der Waals surface area contributed by atoms with Gasteiger partial charge < -0.3 is 9.91 Å². The quantitative estimate of drug-likeness (QED) is 0.434. The summed E-state index contributed by atoms with van der Waals surface area (Å²) in [4.78, 5) is 2.33. The minimum absolute atomic E-state index is 1.15. The van der Waals surface area contributed by atoms with Gasteiger partial charge in [0.1, 0.15) is 0 Å². The molecule has 1 aromatic carbocycles. The molecule has 0 bridgehead atoms. The molecule has 1 aromatic rings. The lowest BCUT2D eigenvalue weighted by Crippen LogP contribution is -2.02. The molecule has 1 saturated heterocycles. The van der Waals surface area contributed by atoms with Crippen molar-refractivity contribution in [2.24, 2.45) is 5.10 Å². The number of hydrogen-bond donors (Lipinski definition) is 0. The van der Waals surface area contributed by atoms with Crippen molar-refractivity contribution in [2.75, 3.05) is 27.2 Å². The van der Waals surface area contributed by atoms with Gasteiger partial charge in [-0.25, -0.2) is 0 Å². The zero-order chi connectivity index (χ0) is 11.4. The van der Waals surface area contributed by atoms with Crippen molar-refractivity contribution in [1.82, 2.24) is 9.91 Å². The molecule has 1 heterocycles. The molecular weight excluding hydrogens is 198 g/mol. The Morgan fingerprint density at radius 2 is 1.94 bits per heavy atom. The lowest BCUT2D eigenvalue weighted by atomic mass is 10.1. The Bertz CT molecular complexity index is 389. The van der Waals surface area contributed by atoms with Crippen LogP contribution in [-0.4, -0.2) is 43.3 Å². The molecule has 0 amide bonds. The van der Waals surface area contributed by atoms with E-state index in [0.717, 1.165) is 13.1 Å². The summed E-state index contributed by atoms with van der Waals surface area (Å²) in [6, 6.07) is 10.4. The molecule has 0 saturated carbocycles. The second kappa shape index (κ2) is 4.84. The van der Waals surface area contributed by atoms with E-state index in [0.29, 0.717) is 0 Å². The topological polar surface area (TPSA) is 18.6 Å². The molecule has 1 fully saturated rings. The number of rotatable bonds is 4. The standard InChI is InChI=1S/C13H17N3/c1-15(2)14-9-8-13(16-10-11-16)12-6-4-3-5-7-12/h3-9H,10-11H2,1-2H3. The van der Waals surface area contributed by atoms with Gasteiger partial charge >= 0.3 is 0 Å². The van der Waals surface area contributed by atoms with Gasteiger partial charge in [0.25, 0.3) is 0 Å². The summed E-state index contributed by atoms with van der Waals surface area (Å²) in [5.41, 5.74) is 2.51. The molecule has 0 aliphatic carbocycles. The van der Waals surface area contributed by atoms with Crippen LogP contribution in [0.25, 0.3) is 5.70 Å². The predicted octanol–water partition coefficient (Wildman–Crippen LogP) is 1.89. The molecule has 84 valence electrons. The van der Waals surface area contributed by atoms with E-state index in [-0.39, 0.29) is 0 Å². The van der Waals surface area contributed by atoms with Gasteiger partial charge in [-0.1, -0.05) is 30.3 Å². The van der Waals surface area contributed by atoms with Crippen LogP contribution < -0.4 is 0 Å². The lowest BCUT2D eigenvalue weighted by molar-refractivity contribution is 0.440. The van der Waals surface area contributed by atoms with E-state index >= 15 is 0 Å². The Balaban J connectivity index is 2.18. The Labute approximate surface area is 96.7 Å². The molecule has 0 atom stereocenters. The first-order valence-corrected chi connectivity index (χ1v) is 5.49. The average Bonchev–Trinajstić information content (AvgIpc) is 3.09. The van der Waals surface area contributed by atoms with E-state index in [2.05, 4.69) is 40.3 Å². The molecule has 3 heteroatoms. The summed E-state index contributed by atoms with van der Waals surface area (Å²) in [6.07, 6.45) is 3.92. The maximum atomic E-state index is 4.21. The van der Waals surface area contributed by atoms with Crippen LogP contribution >= 0.6 is 0 Å². The van der Waals surface area contributed by atoms with Crippen LogP contribution in [0.5, 0.6) is 0 Å². The third kappa shape index (κ3) is 2.86. The van der Waals surface area contributed by atoms with Crippen molar-refractivity contribution < 1.29 is 0 Å². The normalized spacial score (nSPS) is 15.6. The predicted molar refractivity (Wildman–Crippen MR) is 68.2 cm³/mol. The average molecular weight is 215 g/mol. The molecule has 3 nitrogen and oxygen atoms in total. The monoisotopic (exact) mass is 215 g/mol. The summed E-state index contributed by atoms with van der Waals surface area (Å²) >= 11 is 0. The van der Waals surface area contributed by atoms with E-state index in [1.54, 1.807) is 5.01 Å². The highest BCUT2D eigenvalue weighted by atomic mass is 15.4. The van der Waals surface area contributed by atoms with Crippen LogP contribution in [0.4, 0.5) is 0 Å². The molecule has 0 N–H and O–H groups in total. The largest absolute Gasteiger partial charge is 0.367 e. The van der Waals surface area contributed by atoms with E-state index in [9.17, 15) is 0 Å². The molecule has 1 aliphatic heterocycles. The third-order valence-electron chi connectivity index (χ3n) is 2.39. The van der Waals surface area contributed by atoms with Gasteiger partial charge in [-0.2, -0.15) is 5.10 Å². The minimum atomic E-state index is 1.15. The van der Waals surface area contributed by atoms with Gasteiger partial charge in [-0.05, 0) is 11.6 Å². The van der Waals surface area contributed by atoms with Gasteiger partial charge in [0.05, 0.1) is 0 Å². The number of allylic oxidation sites excluding steroid dienone is 1. The third-order valence-corrected chi connectivity index (χ3v) is 2.39. The summed E-state index contributed by atoms with van der Waals surface area (Å²) in [6.45, 7) is 2.30. The van der Waals surface area contributed by atoms with E-state index in [1.807, 2.05) is 26.4 Å². The lowest BCUT2D eigenvalue weighted by Gasteiger charge is -2.08. The first-order chi connectivity index (χ1) is 7.77. The van der Waals surface area contributed by atoms with Crippen molar-refractivity contribution in [3.63, 3.8) is 0 Å². The van der Waals surface area contributed by atoms with Crippen LogP contribution in [0.3, 0.4) is 0 Å². The van der Waals surface area contributed by atoms with E-state index in [4.69, 9.17) is 0 Å².